The highest BCUT2D eigenvalue weighted by Crippen LogP contribution is 2.32. The van der Waals surface area contributed by atoms with Crippen LogP contribution < -0.4 is 25.3 Å². The Morgan fingerprint density at radius 1 is 1.30 bits per heavy atom. The molecule has 1 amide bonds. The molecular weight excluding hydrogens is 457 g/mol. The first-order chi connectivity index (χ1) is 13.0. The summed E-state index contributed by atoms with van der Waals surface area (Å²) >= 11 is -0.262. The third-order valence-corrected chi connectivity index (χ3v) is 6.35. The molecule has 1 aliphatic carbocycles. The van der Waals surface area contributed by atoms with Crippen molar-refractivity contribution in [2.45, 2.75) is 18.4 Å². The fraction of sp³-hybridized carbons (Fsp3) is 0.222. The van der Waals surface area contributed by atoms with Gasteiger partial charge < -0.3 is 22.1 Å². The van der Waals surface area contributed by atoms with Crippen molar-refractivity contribution in [3.05, 3.63) is 42.0 Å². The van der Waals surface area contributed by atoms with Crippen molar-refractivity contribution >= 4 is 60.1 Å². The number of primary amides is 1. The van der Waals surface area contributed by atoms with Crippen LogP contribution in [0.25, 0.3) is 0 Å². The number of halogens is 1. The van der Waals surface area contributed by atoms with E-state index in [4.69, 9.17) is 11.5 Å². The monoisotopic (exact) mass is 477 g/mol. The zero-order valence-corrected chi connectivity index (χ0v) is 16.7. The highest BCUT2D eigenvalue weighted by molar-refractivity contribution is 14.2. The molecule has 0 spiro atoms. The van der Waals surface area contributed by atoms with Gasteiger partial charge in [0.1, 0.15) is 11.6 Å². The van der Waals surface area contributed by atoms with Gasteiger partial charge >= 0.3 is 0 Å². The zero-order chi connectivity index (χ0) is 18.9. The highest BCUT2D eigenvalue weighted by atomic mass is 127. The lowest BCUT2D eigenvalue weighted by Crippen LogP contribution is -2.31. The van der Waals surface area contributed by atoms with Gasteiger partial charge in [-0.05, 0) is 43.2 Å². The Hall–Kier alpha value is -2.53. The predicted octanol–water partition coefficient (Wildman–Crippen LogP) is 2.32. The number of amides is 1. The smallest absolute Gasteiger partial charge is 0.252 e. The number of benzene rings is 1. The van der Waals surface area contributed by atoms with E-state index in [0.29, 0.717) is 23.7 Å². The lowest BCUT2D eigenvalue weighted by Gasteiger charge is -2.15. The van der Waals surface area contributed by atoms with Gasteiger partial charge in [0.05, 0.1) is 17.5 Å². The molecule has 8 nitrogen and oxygen atoms in total. The average molecular weight is 477 g/mol. The Kier molecular flexibility index (Phi) is 4.79. The molecule has 0 atom stereocenters. The number of hydrazone groups is 1. The second kappa shape index (κ2) is 7.24. The van der Waals surface area contributed by atoms with Gasteiger partial charge in [-0.2, -0.15) is 5.10 Å². The third-order valence-electron chi connectivity index (χ3n) is 4.37. The number of nitrogens with two attached hydrogens (primary N) is 2. The Morgan fingerprint density at radius 3 is 2.85 bits per heavy atom. The van der Waals surface area contributed by atoms with Crippen molar-refractivity contribution in [2.75, 3.05) is 20.4 Å². The zero-order valence-electron chi connectivity index (χ0n) is 14.5. The number of aromatic nitrogens is 1. The van der Waals surface area contributed by atoms with Crippen LogP contribution in [0.15, 0.2) is 41.5 Å². The van der Waals surface area contributed by atoms with Crippen molar-refractivity contribution < 1.29 is 4.79 Å². The number of carbonyl (C=O) groups is 1. The van der Waals surface area contributed by atoms with Crippen molar-refractivity contribution in [2.24, 2.45) is 16.6 Å². The second-order valence-corrected chi connectivity index (χ2v) is 8.79. The fourth-order valence-electron chi connectivity index (χ4n) is 2.60. The van der Waals surface area contributed by atoms with Crippen molar-refractivity contribution in [3.63, 3.8) is 0 Å². The number of nitrogens with one attached hydrogen (secondary N) is 2. The molecule has 1 aromatic heterocycles. The van der Waals surface area contributed by atoms with Gasteiger partial charge in [0, 0.05) is 42.8 Å². The highest BCUT2D eigenvalue weighted by Gasteiger charge is 2.37. The van der Waals surface area contributed by atoms with E-state index in [9.17, 15) is 4.79 Å². The maximum Gasteiger partial charge on any atom is 0.252 e. The van der Waals surface area contributed by atoms with Crippen molar-refractivity contribution in [1.29, 1.82) is 0 Å². The minimum Gasteiger partial charge on any atom is -0.368 e. The average Bonchev–Trinajstić information content (AvgIpc) is 3.16. The second-order valence-electron chi connectivity index (χ2n) is 6.60. The maximum absolute atomic E-state index is 11.8. The Balaban J connectivity index is 1.57. The number of anilines is 4. The van der Waals surface area contributed by atoms with Crippen LogP contribution in [-0.4, -0.2) is 33.2 Å². The van der Waals surface area contributed by atoms with Gasteiger partial charge in [0.15, 0.2) is 0 Å². The number of nitrogens with zero attached hydrogens (tertiary/aromatic N) is 3. The third kappa shape index (κ3) is 4.25. The van der Waals surface area contributed by atoms with Gasteiger partial charge in [-0.3, -0.25) is 4.79 Å². The van der Waals surface area contributed by atoms with Crippen LogP contribution in [0.2, 0.25) is 0 Å². The Morgan fingerprint density at radius 2 is 2.15 bits per heavy atom. The van der Waals surface area contributed by atoms with Crippen LogP contribution in [0.4, 0.5) is 23.0 Å². The summed E-state index contributed by atoms with van der Waals surface area (Å²) in [5.41, 5.74) is 13.6. The molecule has 0 unspecified atom stereocenters. The van der Waals surface area contributed by atoms with Crippen LogP contribution in [0.5, 0.6) is 0 Å². The summed E-state index contributed by atoms with van der Waals surface area (Å²) < 4.78 is 4.08. The molecule has 2 aliphatic rings. The Bertz CT molecular complexity index is 927. The van der Waals surface area contributed by atoms with E-state index < -0.39 is 5.91 Å². The van der Waals surface area contributed by atoms with E-state index >= 15 is 0 Å². The van der Waals surface area contributed by atoms with Gasteiger partial charge in [0.2, 0.25) is 0 Å². The summed E-state index contributed by atoms with van der Waals surface area (Å²) in [5.74, 6) is 0.535. The minimum atomic E-state index is -0.533. The summed E-state index contributed by atoms with van der Waals surface area (Å²) in [6.07, 6.45) is 3.84. The molecule has 1 aromatic carbocycles. The first-order valence-electron chi connectivity index (χ1n) is 8.53. The molecule has 4 rings (SSSR count). The van der Waals surface area contributed by atoms with E-state index in [2.05, 4.69) is 24.7 Å². The van der Waals surface area contributed by atoms with E-state index in [1.807, 2.05) is 33.7 Å². The molecule has 140 valence electrons. The van der Waals surface area contributed by atoms with Crippen LogP contribution >= 0.6 is 21.0 Å². The largest absolute Gasteiger partial charge is 0.368 e. The first-order valence-corrected chi connectivity index (χ1v) is 10.7. The summed E-state index contributed by atoms with van der Waals surface area (Å²) in [6, 6.07) is 11.2. The van der Waals surface area contributed by atoms with Crippen LogP contribution in [0.1, 0.15) is 23.2 Å². The van der Waals surface area contributed by atoms with E-state index in [1.54, 1.807) is 12.1 Å². The topological polar surface area (TPSA) is 122 Å². The SMILES string of the molecule is NC(=O)c1ccc(NCC2(N)CC2)nc1Nc1cccc(N2N=CC=I2)c1. The summed E-state index contributed by atoms with van der Waals surface area (Å²) in [5, 5.41) is 10.8. The number of rotatable bonds is 7. The fourth-order valence-corrected chi connectivity index (χ4v) is 4.10. The number of pyridine rings is 1. The van der Waals surface area contributed by atoms with Crippen molar-refractivity contribution in [1.82, 2.24) is 4.98 Å². The maximum atomic E-state index is 11.8. The van der Waals surface area contributed by atoms with Crippen LogP contribution in [-0.2, 0) is 0 Å². The molecule has 27 heavy (non-hydrogen) atoms. The van der Waals surface area contributed by atoms with Gasteiger partial charge in [0.25, 0.3) is 5.91 Å². The van der Waals surface area contributed by atoms with Crippen LogP contribution in [0, 0.1) is 0 Å². The molecule has 2 heterocycles. The standard InChI is InChI=1S/C18H20IN7O/c20-16(27)14-4-5-15(22-11-18(21)6-7-18)25-17(14)24-12-2-1-3-13(10-12)26-19-8-9-23-26/h1-5,8-10H,6-7,11,21H2,(H2,20,27)(H2,22,24,25). The molecule has 0 saturated heterocycles. The van der Waals surface area contributed by atoms with E-state index in [-0.39, 0.29) is 26.5 Å². The van der Waals surface area contributed by atoms with E-state index in [0.717, 1.165) is 24.2 Å². The van der Waals surface area contributed by atoms with Gasteiger partial charge in [-0.25, -0.2) is 8.21 Å². The molecule has 6 N–H and O–H groups in total. The lowest BCUT2D eigenvalue weighted by atomic mass is 10.2. The number of carbonyl (C=O) groups excluding carboxylic acids is 1. The molecule has 0 radical (unpaired) electrons. The summed E-state index contributed by atoms with van der Waals surface area (Å²) in [4.78, 5) is 16.3. The predicted molar refractivity (Wildman–Crippen MR) is 118 cm³/mol. The van der Waals surface area contributed by atoms with E-state index in [1.165, 1.54) is 0 Å². The van der Waals surface area contributed by atoms with Gasteiger partial charge in [-0.15, -0.1) is 0 Å². The number of hydrogen-bond acceptors (Lipinski definition) is 7. The minimum absolute atomic E-state index is 0.137. The molecule has 9 heteroatoms. The van der Waals surface area contributed by atoms with Gasteiger partial charge in [-0.1, -0.05) is 6.07 Å². The summed E-state index contributed by atoms with van der Waals surface area (Å²) in [6.45, 7) is 0.651. The molecule has 2 aromatic rings. The first kappa shape index (κ1) is 17.9. The lowest BCUT2D eigenvalue weighted by molar-refractivity contribution is 0.100. The Labute approximate surface area is 167 Å². The molecular formula is C18H20IN7O. The molecule has 1 saturated carbocycles. The van der Waals surface area contributed by atoms with Crippen molar-refractivity contribution in [3.8, 4) is 0 Å². The summed E-state index contributed by atoms with van der Waals surface area (Å²) in [7, 11) is 0. The number of hydrogen-bond donors (Lipinski definition) is 4. The molecule has 1 aliphatic heterocycles. The quantitative estimate of drug-likeness (QED) is 0.359. The molecule has 1 fully saturated rings. The molecule has 0 bridgehead atoms. The van der Waals surface area contributed by atoms with Crippen LogP contribution in [0.3, 0.4) is 0 Å². The normalized spacial score (nSPS) is 16.7.